The van der Waals surface area contributed by atoms with Crippen LogP contribution in [0.15, 0.2) is 30.3 Å². The van der Waals surface area contributed by atoms with Crippen LogP contribution in [0.2, 0.25) is 0 Å². The zero-order valence-corrected chi connectivity index (χ0v) is 12.8. The summed E-state index contributed by atoms with van der Waals surface area (Å²) >= 11 is 12.0. The van der Waals surface area contributed by atoms with Gasteiger partial charge in [-0.15, -0.1) is 23.2 Å². The Labute approximate surface area is 130 Å². The van der Waals surface area contributed by atoms with Crippen LogP contribution in [0.3, 0.4) is 0 Å². The molecule has 1 unspecified atom stereocenters. The van der Waals surface area contributed by atoms with E-state index in [9.17, 15) is 4.79 Å². The van der Waals surface area contributed by atoms with Crippen LogP contribution in [0.1, 0.15) is 42.5 Å². The van der Waals surface area contributed by atoms with Crippen molar-refractivity contribution in [2.75, 3.05) is 0 Å². The minimum Gasteiger partial charge on any atom is -0.334 e. The molecular weight excluding hydrogens is 295 g/mol. The molecule has 0 heterocycles. The molecule has 0 bridgehead atoms. The van der Waals surface area contributed by atoms with E-state index in [1.54, 1.807) is 12.1 Å². The van der Waals surface area contributed by atoms with Gasteiger partial charge in [0.25, 0.3) is 5.91 Å². The Morgan fingerprint density at radius 1 is 1.10 bits per heavy atom. The van der Waals surface area contributed by atoms with Crippen molar-refractivity contribution in [3.8, 4) is 0 Å². The summed E-state index contributed by atoms with van der Waals surface area (Å²) in [6.07, 6.45) is 5.51. The molecule has 1 atom stereocenters. The van der Waals surface area contributed by atoms with Crippen LogP contribution in [-0.2, 0) is 0 Å². The van der Waals surface area contributed by atoms with Gasteiger partial charge in [-0.05, 0) is 25.0 Å². The molecule has 5 heteroatoms. The van der Waals surface area contributed by atoms with E-state index in [1.807, 2.05) is 18.2 Å². The van der Waals surface area contributed by atoms with Crippen molar-refractivity contribution in [2.45, 2.75) is 49.1 Å². The highest BCUT2D eigenvalue weighted by molar-refractivity contribution is 6.44. The minimum atomic E-state index is -0.676. The molecule has 0 radical (unpaired) electrons. The average molecular weight is 315 g/mol. The van der Waals surface area contributed by atoms with Crippen molar-refractivity contribution >= 4 is 29.1 Å². The van der Waals surface area contributed by atoms with Gasteiger partial charge in [0.1, 0.15) is 11.0 Å². The SMILES string of the molecule is O=C(NC(NC1CCCCC1)C(Cl)Cl)c1ccccc1. The van der Waals surface area contributed by atoms with Gasteiger partial charge in [0.2, 0.25) is 0 Å². The largest absolute Gasteiger partial charge is 0.334 e. The Bertz CT molecular complexity index is 419. The topological polar surface area (TPSA) is 41.1 Å². The molecular formula is C15H20Cl2N2O. The first-order valence-electron chi connectivity index (χ1n) is 7.07. The molecule has 1 fully saturated rings. The van der Waals surface area contributed by atoms with Crippen LogP contribution in [0.25, 0.3) is 0 Å². The molecule has 20 heavy (non-hydrogen) atoms. The fourth-order valence-electron chi connectivity index (χ4n) is 2.51. The number of hydrogen-bond acceptors (Lipinski definition) is 2. The van der Waals surface area contributed by atoms with E-state index in [0.717, 1.165) is 12.8 Å². The fraction of sp³-hybridized carbons (Fsp3) is 0.533. The number of alkyl halides is 2. The third-order valence-electron chi connectivity index (χ3n) is 3.59. The van der Waals surface area contributed by atoms with Crippen molar-refractivity contribution in [2.24, 2.45) is 0 Å². The van der Waals surface area contributed by atoms with Crippen molar-refractivity contribution in [1.82, 2.24) is 10.6 Å². The Kier molecular flexibility index (Phi) is 6.14. The molecule has 1 amide bonds. The molecule has 1 aromatic carbocycles. The quantitative estimate of drug-likeness (QED) is 0.645. The van der Waals surface area contributed by atoms with Crippen LogP contribution in [-0.4, -0.2) is 23.0 Å². The maximum Gasteiger partial charge on any atom is 0.252 e. The zero-order valence-electron chi connectivity index (χ0n) is 11.3. The first-order valence-corrected chi connectivity index (χ1v) is 7.94. The van der Waals surface area contributed by atoms with Crippen LogP contribution >= 0.6 is 23.2 Å². The third-order valence-corrected chi connectivity index (χ3v) is 4.10. The lowest BCUT2D eigenvalue weighted by atomic mass is 9.95. The zero-order chi connectivity index (χ0) is 14.4. The highest BCUT2D eigenvalue weighted by Crippen LogP contribution is 2.19. The molecule has 0 aromatic heterocycles. The average Bonchev–Trinajstić information content (AvgIpc) is 2.48. The van der Waals surface area contributed by atoms with Crippen LogP contribution in [0, 0.1) is 0 Å². The monoisotopic (exact) mass is 314 g/mol. The van der Waals surface area contributed by atoms with Gasteiger partial charge in [0.05, 0.1) is 0 Å². The van der Waals surface area contributed by atoms with E-state index in [0.29, 0.717) is 11.6 Å². The van der Waals surface area contributed by atoms with Gasteiger partial charge in [-0.2, -0.15) is 0 Å². The van der Waals surface area contributed by atoms with Crippen molar-refractivity contribution in [1.29, 1.82) is 0 Å². The third kappa shape index (κ3) is 4.65. The predicted molar refractivity (Wildman–Crippen MR) is 83.2 cm³/mol. The maximum atomic E-state index is 12.1. The molecule has 1 aromatic rings. The standard InChI is InChI=1S/C15H20Cl2N2O/c16-13(17)14(18-12-9-5-2-6-10-12)19-15(20)11-7-3-1-4-8-11/h1,3-4,7-8,12-14,18H,2,5-6,9-10H2,(H,19,20). The summed E-state index contributed by atoms with van der Waals surface area (Å²) in [7, 11) is 0. The summed E-state index contributed by atoms with van der Waals surface area (Å²) in [6, 6.07) is 9.45. The van der Waals surface area contributed by atoms with Gasteiger partial charge >= 0.3 is 0 Å². The molecule has 0 saturated heterocycles. The minimum absolute atomic E-state index is 0.162. The second-order valence-corrected chi connectivity index (χ2v) is 6.32. The highest BCUT2D eigenvalue weighted by atomic mass is 35.5. The molecule has 3 nitrogen and oxygen atoms in total. The van der Waals surface area contributed by atoms with Gasteiger partial charge in [-0.25, -0.2) is 0 Å². The first kappa shape index (κ1) is 15.6. The van der Waals surface area contributed by atoms with E-state index in [4.69, 9.17) is 23.2 Å². The van der Waals surface area contributed by atoms with E-state index in [2.05, 4.69) is 10.6 Å². The van der Waals surface area contributed by atoms with E-state index < -0.39 is 11.0 Å². The highest BCUT2D eigenvalue weighted by Gasteiger charge is 2.24. The van der Waals surface area contributed by atoms with E-state index in [-0.39, 0.29) is 5.91 Å². The number of nitrogens with one attached hydrogen (secondary N) is 2. The van der Waals surface area contributed by atoms with Crippen LogP contribution < -0.4 is 10.6 Å². The number of halogens is 2. The summed E-state index contributed by atoms with van der Waals surface area (Å²) in [5.74, 6) is -0.162. The Balaban J connectivity index is 1.93. The molecule has 1 saturated carbocycles. The van der Waals surface area contributed by atoms with E-state index >= 15 is 0 Å². The molecule has 0 aliphatic heterocycles. The first-order chi connectivity index (χ1) is 9.66. The maximum absolute atomic E-state index is 12.1. The van der Waals surface area contributed by atoms with Gasteiger partial charge in [0.15, 0.2) is 0 Å². The number of benzene rings is 1. The summed E-state index contributed by atoms with van der Waals surface area (Å²) < 4.78 is 0. The second kappa shape index (κ2) is 7.87. The molecule has 1 aliphatic carbocycles. The molecule has 1 aliphatic rings. The molecule has 0 spiro atoms. The van der Waals surface area contributed by atoms with Gasteiger partial charge in [-0.3, -0.25) is 10.1 Å². The lowest BCUT2D eigenvalue weighted by molar-refractivity contribution is 0.0927. The number of rotatable bonds is 5. The van der Waals surface area contributed by atoms with Gasteiger partial charge in [0, 0.05) is 11.6 Å². The molecule has 2 N–H and O–H groups in total. The number of hydrogen-bond donors (Lipinski definition) is 2. The lowest BCUT2D eigenvalue weighted by Crippen LogP contribution is -2.53. The molecule has 110 valence electrons. The van der Waals surface area contributed by atoms with Crippen molar-refractivity contribution in [3.05, 3.63) is 35.9 Å². The molecule has 2 rings (SSSR count). The summed E-state index contributed by atoms with van der Waals surface area (Å²) in [4.78, 5) is 11.5. The normalized spacial score (nSPS) is 17.9. The summed E-state index contributed by atoms with van der Waals surface area (Å²) in [5, 5.41) is 6.23. The predicted octanol–water partition coefficient (Wildman–Crippen LogP) is 3.47. The Morgan fingerprint density at radius 3 is 2.35 bits per heavy atom. The van der Waals surface area contributed by atoms with E-state index in [1.165, 1.54) is 19.3 Å². The Morgan fingerprint density at radius 2 is 1.75 bits per heavy atom. The summed E-state index contributed by atoms with van der Waals surface area (Å²) in [5.41, 5.74) is 0.608. The fourth-order valence-corrected chi connectivity index (χ4v) is 2.79. The lowest BCUT2D eigenvalue weighted by Gasteiger charge is -2.29. The van der Waals surface area contributed by atoms with Crippen molar-refractivity contribution in [3.63, 3.8) is 0 Å². The van der Waals surface area contributed by atoms with Crippen molar-refractivity contribution < 1.29 is 4.79 Å². The Hall–Kier alpha value is -0.770. The van der Waals surface area contributed by atoms with Gasteiger partial charge in [-0.1, -0.05) is 37.5 Å². The number of amides is 1. The smallest absolute Gasteiger partial charge is 0.252 e. The summed E-state index contributed by atoms with van der Waals surface area (Å²) in [6.45, 7) is 0. The number of carbonyl (C=O) groups excluding carboxylic acids is 1. The van der Waals surface area contributed by atoms with Crippen LogP contribution in [0.4, 0.5) is 0 Å². The second-order valence-electron chi connectivity index (χ2n) is 5.15. The van der Waals surface area contributed by atoms with Crippen LogP contribution in [0.5, 0.6) is 0 Å². The van der Waals surface area contributed by atoms with Gasteiger partial charge < -0.3 is 5.32 Å². The number of carbonyl (C=O) groups is 1.